The molecule has 0 spiro atoms. The molecule has 0 N–H and O–H groups in total. The molecule has 0 unspecified atom stereocenters. The molecule has 0 radical (unpaired) electrons. The highest BCUT2D eigenvalue weighted by Crippen LogP contribution is 2.32. The summed E-state index contributed by atoms with van der Waals surface area (Å²) in [5.74, 6) is 1.13. The molecule has 1 aliphatic rings. The van der Waals surface area contributed by atoms with E-state index in [2.05, 4.69) is 67.5 Å². The fourth-order valence-electron chi connectivity index (χ4n) is 4.53. The Labute approximate surface area is 210 Å². The molecule has 0 bridgehead atoms. The Morgan fingerprint density at radius 2 is 1.71 bits per heavy atom. The van der Waals surface area contributed by atoms with Gasteiger partial charge in [-0.3, -0.25) is 4.79 Å². The lowest BCUT2D eigenvalue weighted by Gasteiger charge is -2.20. The Morgan fingerprint density at radius 3 is 2.38 bits per heavy atom. The van der Waals surface area contributed by atoms with E-state index in [1.54, 1.807) is 19.1 Å². The Hall–Kier alpha value is -2.02. The van der Waals surface area contributed by atoms with Gasteiger partial charge in [-0.2, -0.15) is 0 Å². The smallest absolute Gasteiger partial charge is 0.222 e. The first-order valence-corrected chi connectivity index (χ1v) is 13.1. The number of methoxy groups -OCH3 is 1. The van der Waals surface area contributed by atoms with Crippen LogP contribution in [-0.2, 0) is 24.2 Å². The summed E-state index contributed by atoms with van der Waals surface area (Å²) in [7, 11) is 7.95. The van der Waals surface area contributed by atoms with Gasteiger partial charge in [-0.05, 0) is 106 Å². The van der Waals surface area contributed by atoms with Crippen molar-refractivity contribution in [3.8, 4) is 5.75 Å². The van der Waals surface area contributed by atoms with Gasteiger partial charge in [0.1, 0.15) is 5.75 Å². The second-order valence-corrected chi connectivity index (χ2v) is 10.9. The number of ether oxygens (including phenoxy) is 1. The van der Waals surface area contributed by atoms with Crippen molar-refractivity contribution < 1.29 is 9.53 Å². The molecule has 0 aliphatic carbocycles. The fourth-order valence-corrected chi connectivity index (χ4v) is 5.46. The predicted octanol–water partition coefficient (Wildman–Crippen LogP) is 5.11. The predicted molar refractivity (Wildman–Crippen MR) is 143 cm³/mol. The van der Waals surface area contributed by atoms with Crippen LogP contribution < -0.4 is 4.74 Å². The summed E-state index contributed by atoms with van der Waals surface area (Å²) < 4.78 is 7.63. The molecule has 34 heavy (non-hydrogen) atoms. The molecule has 6 heteroatoms. The van der Waals surface area contributed by atoms with E-state index in [-0.39, 0.29) is 5.91 Å². The number of fused-ring (bicyclic) bond motifs is 1. The summed E-state index contributed by atoms with van der Waals surface area (Å²) in [5, 5.41) is 0. The molecule has 1 aliphatic heterocycles. The van der Waals surface area contributed by atoms with Crippen molar-refractivity contribution in [3.63, 3.8) is 0 Å². The highest BCUT2D eigenvalue weighted by Gasteiger charge is 2.14. The zero-order chi connectivity index (χ0) is 24.7. The standard InChI is InChI=1S/C28H41N3O2S/c1-21-17-26(33-6)18-22(2)28(21)34-31(5)14-8-7-9-27(32)30(4)20-23-10-11-24-12-15-29(3)16-13-25(24)19-23/h10-11,17-19H,7-9,12-16,20H2,1-6H3. The van der Waals surface area contributed by atoms with E-state index >= 15 is 0 Å². The van der Waals surface area contributed by atoms with Gasteiger partial charge in [-0.15, -0.1) is 0 Å². The van der Waals surface area contributed by atoms with Crippen molar-refractivity contribution in [2.24, 2.45) is 0 Å². The molecule has 0 atom stereocenters. The van der Waals surface area contributed by atoms with Crippen molar-refractivity contribution in [2.75, 3.05) is 47.9 Å². The molecular formula is C28H41N3O2S. The summed E-state index contributed by atoms with van der Waals surface area (Å²) in [6.45, 7) is 8.12. The van der Waals surface area contributed by atoms with Crippen LogP contribution in [0.15, 0.2) is 35.2 Å². The third-order valence-corrected chi connectivity index (χ3v) is 7.99. The average molecular weight is 484 g/mol. The number of carbonyl (C=O) groups excluding carboxylic acids is 1. The van der Waals surface area contributed by atoms with Gasteiger partial charge in [-0.25, -0.2) is 4.31 Å². The lowest BCUT2D eigenvalue weighted by Crippen LogP contribution is -2.26. The van der Waals surface area contributed by atoms with Crippen LogP contribution >= 0.6 is 11.9 Å². The van der Waals surface area contributed by atoms with Crippen LogP contribution in [-0.4, -0.2) is 67.9 Å². The highest BCUT2D eigenvalue weighted by atomic mass is 32.2. The maximum absolute atomic E-state index is 12.7. The van der Waals surface area contributed by atoms with Gasteiger partial charge in [-0.1, -0.05) is 18.2 Å². The van der Waals surface area contributed by atoms with Crippen molar-refractivity contribution in [2.45, 2.75) is 57.4 Å². The van der Waals surface area contributed by atoms with Crippen LogP contribution in [0.5, 0.6) is 5.75 Å². The van der Waals surface area contributed by atoms with Gasteiger partial charge in [0.2, 0.25) is 5.91 Å². The molecule has 1 heterocycles. The normalized spacial score (nSPS) is 14.1. The minimum atomic E-state index is 0.229. The van der Waals surface area contributed by atoms with Crippen LogP contribution in [0.1, 0.15) is 47.1 Å². The van der Waals surface area contributed by atoms with E-state index in [1.807, 2.05) is 11.9 Å². The third-order valence-electron chi connectivity index (χ3n) is 6.67. The maximum atomic E-state index is 12.7. The van der Waals surface area contributed by atoms with Crippen LogP contribution in [0.4, 0.5) is 0 Å². The lowest BCUT2D eigenvalue weighted by molar-refractivity contribution is -0.130. The lowest BCUT2D eigenvalue weighted by atomic mass is 10.00. The largest absolute Gasteiger partial charge is 0.497 e. The molecule has 1 amide bonds. The van der Waals surface area contributed by atoms with Crippen LogP contribution in [0, 0.1) is 13.8 Å². The van der Waals surface area contributed by atoms with Crippen LogP contribution in [0.2, 0.25) is 0 Å². The van der Waals surface area contributed by atoms with Crippen molar-refractivity contribution >= 4 is 17.9 Å². The van der Waals surface area contributed by atoms with Gasteiger partial charge in [0, 0.05) is 44.5 Å². The number of nitrogens with zero attached hydrogens (tertiary/aromatic N) is 3. The molecule has 0 fully saturated rings. The zero-order valence-electron chi connectivity index (χ0n) is 21.8. The number of aryl methyl sites for hydroxylation is 2. The summed E-state index contributed by atoms with van der Waals surface area (Å²) in [6.07, 6.45) is 4.73. The Kier molecular flexibility index (Phi) is 9.86. The molecule has 2 aromatic carbocycles. The molecule has 0 aromatic heterocycles. The minimum absolute atomic E-state index is 0.229. The second-order valence-electron chi connectivity index (χ2n) is 9.65. The van der Waals surface area contributed by atoms with Crippen LogP contribution in [0.3, 0.4) is 0 Å². The van der Waals surface area contributed by atoms with Gasteiger partial charge >= 0.3 is 0 Å². The number of rotatable bonds is 10. The molecule has 0 saturated heterocycles. The topological polar surface area (TPSA) is 36.0 Å². The average Bonchev–Trinajstić information content (AvgIpc) is 2.99. The monoisotopic (exact) mass is 483 g/mol. The van der Waals surface area contributed by atoms with E-state index in [0.717, 1.165) is 51.1 Å². The summed E-state index contributed by atoms with van der Waals surface area (Å²) >= 11 is 1.78. The van der Waals surface area contributed by atoms with E-state index in [9.17, 15) is 4.79 Å². The van der Waals surface area contributed by atoms with E-state index in [4.69, 9.17) is 4.74 Å². The number of carbonyl (C=O) groups is 1. The quantitative estimate of drug-likeness (QED) is 0.347. The number of amides is 1. The SMILES string of the molecule is COc1cc(C)c(SN(C)CCCCC(=O)N(C)Cc2ccc3c(c2)CCN(C)CC3)c(C)c1. The molecule has 0 saturated carbocycles. The molecule has 5 nitrogen and oxygen atoms in total. The number of likely N-dealkylation sites (N-methyl/N-ethyl adjacent to an activating group) is 1. The first-order chi connectivity index (χ1) is 16.3. The molecule has 2 aromatic rings. The number of hydrogen-bond acceptors (Lipinski definition) is 5. The minimum Gasteiger partial charge on any atom is -0.497 e. The molecule has 186 valence electrons. The van der Waals surface area contributed by atoms with Gasteiger partial charge in [0.25, 0.3) is 0 Å². The fraction of sp³-hybridized carbons (Fsp3) is 0.536. The maximum Gasteiger partial charge on any atom is 0.222 e. The first kappa shape index (κ1) is 26.6. The van der Waals surface area contributed by atoms with Crippen LogP contribution in [0.25, 0.3) is 0 Å². The number of hydrogen-bond donors (Lipinski definition) is 0. The van der Waals surface area contributed by atoms with Gasteiger partial charge in [0.05, 0.1) is 7.11 Å². The Balaban J connectivity index is 1.41. The van der Waals surface area contributed by atoms with E-state index in [0.29, 0.717) is 13.0 Å². The summed E-state index contributed by atoms with van der Waals surface area (Å²) in [5.41, 5.74) is 6.61. The summed E-state index contributed by atoms with van der Waals surface area (Å²) in [6, 6.07) is 10.9. The third kappa shape index (κ3) is 7.49. The number of benzene rings is 2. The molecule has 3 rings (SSSR count). The zero-order valence-corrected chi connectivity index (χ0v) is 22.6. The number of unbranched alkanes of at least 4 members (excludes halogenated alkanes) is 1. The van der Waals surface area contributed by atoms with Gasteiger partial charge < -0.3 is 14.5 Å². The van der Waals surface area contributed by atoms with Gasteiger partial charge in [0.15, 0.2) is 0 Å². The van der Waals surface area contributed by atoms with E-state index in [1.165, 1.54) is 32.7 Å². The van der Waals surface area contributed by atoms with E-state index < -0.39 is 0 Å². The highest BCUT2D eigenvalue weighted by molar-refractivity contribution is 7.97. The van der Waals surface area contributed by atoms with Crippen molar-refractivity contribution in [3.05, 3.63) is 58.1 Å². The Morgan fingerprint density at radius 1 is 1.03 bits per heavy atom. The first-order valence-electron chi connectivity index (χ1n) is 12.3. The van der Waals surface area contributed by atoms with Crippen molar-refractivity contribution in [1.82, 2.24) is 14.1 Å². The summed E-state index contributed by atoms with van der Waals surface area (Å²) in [4.78, 5) is 18.3. The Bertz CT molecular complexity index is 955. The second kappa shape index (κ2) is 12.6. The van der Waals surface area contributed by atoms with Crippen molar-refractivity contribution in [1.29, 1.82) is 0 Å². The molecular weight excluding hydrogens is 442 g/mol.